The first-order valence-corrected chi connectivity index (χ1v) is 10.5. The van der Waals surface area contributed by atoms with Gasteiger partial charge in [0.05, 0.1) is 25.3 Å². The van der Waals surface area contributed by atoms with Crippen molar-refractivity contribution in [2.75, 3.05) is 34.4 Å². The molecule has 0 atom stereocenters. The summed E-state index contributed by atoms with van der Waals surface area (Å²) in [7, 11) is 4.48. The molecule has 0 bridgehead atoms. The summed E-state index contributed by atoms with van der Waals surface area (Å²) in [5, 5.41) is 14.3. The molecule has 10 nitrogen and oxygen atoms in total. The highest BCUT2D eigenvalue weighted by Gasteiger charge is 2.14. The van der Waals surface area contributed by atoms with Crippen molar-refractivity contribution in [3.63, 3.8) is 0 Å². The number of amides is 3. The van der Waals surface area contributed by atoms with E-state index in [9.17, 15) is 24.4 Å². The van der Waals surface area contributed by atoms with Gasteiger partial charge in [-0.15, -0.1) is 0 Å². The molecule has 0 saturated carbocycles. The molecule has 182 valence electrons. The molecule has 0 radical (unpaired) electrons. The number of nitriles is 1. The number of methoxy groups -OCH3 is 1. The van der Waals surface area contributed by atoms with Gasteiger partial charge >= 0.3 is 5.97 Å². The van der Waals surface area contributed by atoms with Crippen molar-refractivity contribution in [3.8, 4) is 11.8 Å². The highest BCUT2D eigenvalue weighted by molar-refractivity contribution is 5.98. The molecule has 35 heavy (non-hydrogen) atoms. The maximum Gasteiger partial charge on any atom is 0.354 e. The van der Waals surface area contributed by atoms with Crippen molar-refractivity contribution in [3.05, 3.63) is 70.4 Å². The van der Waals surface area contributed by atoms with Crippen LogP contribution in [0.25, 0.3) is 6.08 Å². The van der Waals surface area contributed by atoms with E-state index in [4.69, 9.17) is 4.74 Å². The van der Waals surface area contributed by atoms with Crippen LogP contribution in [0.2, 0.25) is 0 Å². The van der Waals surface area contributed by atoms with Gasteiger partial charge in [0, 0.05) is 37.7 Å². The molecule has 2 N–H and O–H groups in total. The molecule has 0 unspecified atom stereocenters. The minimum absolute atomic E-state index is 0.0619. The van der Waals surface area contributed by atoms with E-state index in [1.54, 1.807) is 44.4 Å². The minimum atomic E-state index is -0.749. The van der Waals surface area contributed by atoms with Crippen LogP contribution >= 0.6 is 0 Å². The van der Waals surface area contributed by atoms with Crippen LogP contribution in [0, 0.1) is 11.3 Å². The molecule has 0 aromatic heterocycles. The van der Waals surface area contributed by atoms with Crippen molar-refractivity contribution in [1.82, 2.24) is 15.5 Å². The van der Waals surface area contributed by atoms with Crippen molar-refractivity contribution in [2.45, 2.75) is 6.92 Å². The number of hydrogen-bond acceptors (Lipinski definition) is 7. The van der Waals surface area contributed by atoms with Gasteiger partial charge in [-0.2, -0.15) is 5.26 Å². The number of hydrogen-bond donors (Lipinski definition) is 2. The number of nitrogens with zero attached hydrogens (tertiary/aromatic N) is 2. The Bertz CT molecular complexity index is 1180. The Kier molecular flexibility index (Phi) is 9.54. The molecule has 0 aliphatic carbocycles. The van der Waals surface area contributed by atoms with Gasteiger partial charge in [-0.1, -0.05) is 0 Å². The van der Waals surface area contributed by atoms with Gasteiger partial charge in [-0.3, -0.25) is 14.4 Å². The highest BCUT2D eigenvalue weighted by Crippen LogP contribution is 2.23. The van der Waals surface area contributed by atoms with Crippen LogP contribution in [0.1, 0.15) is 38.8 Å². The molecule has 0 aliphatic heterocycles. The smallest absolute Gasteiger partial charge is 0.354 e. The van der Waals surface area contributed by atoms with E-state index in [2.05, 4.69) is 15.4 Å². The fraction of sp³-hybridized carbons (Fsp3) is 0.240. The van der Waals surface area contributed by atoms with Crippen molar-refractivity contribution < 1.29 is 28.7 Å². The second kappa shape index (κ2) is 12.6. The third kappa shape index (κ3) is 7.71. The van der Waals surface area contributed by atoms with Crippen LogP contribution in [0.15, 0.2) is 48.2 Å². The average Bonchev–Trinajstić information content (AvgIpc) is 2.85. The second-order valence-electron chi connectivity index (χ2n) is 7.48. The standard InChI is InChI=1S/C25H26N4O6/c1-16(30)28-21(25(33)34-4)14-20-6-5-17(15-26)13-22(20)35-12-11-27-23(31)18-7-9-19(10-8-18)24(32)29(2)3/h5-10,13-14H,11-12H2,1-4H3,(H,27,31)(H,28,30). The van der Waals surface area contributed by atoms with E-state index < -0.39 is 11.9 Å². The quantitative estimate of drug-likeness (QED) is 0.318. The summed E-state index contributed by atoms with van der Waals surface area (Å²) < 4.78 is 10.4. The van der Waals surface area contributed by atoms with Crippen LogP contribution in [0.3, 0.4) is 0 Å². The molecule has 2 rings (SSSR count). The number of esters is 1. The first-order valence-electron chi connectivity index (χ1n) is 10.5. The third-order valence-corrected chi connectivity index (χ3v) is 4.60. The van der Waals surface area contributed by atoms with Crippen molar-refractivity contribution in [1.29, 1.82) is 5.26 Å². The van der Waals surface area contributed by atoms with E-state index in [-0.39, 0.29) is 36.4 Å². The summed E-state index contributed by atoms with van der Waals surface area (Å²) in [6.45, 7) is 1.46. The maximum absolute atomic E-state index is 12.4. The summed E-state index contributed by atoms with van der Waals surface area (Å²) in [6, 6.07) is 12.9. The SMILES string of the molecule is COC(=O)C(=Cc1ccc(C#N)cc1OCCNC(=O)c1ccc(C(=O)N(C)C)cc1)NC(C)=O. The molecular weight excluding hydrogens is 452 g/mol. The van der Waals surface area contributed by atoms with Crippen LogP contribution in [-0.2, 0) is 14.3 Å². The molecule has 0 heterocycles. The monoisotopic (exact) mass is 478 g/mol. The maximum atomic E-state index is 12.4. The number of nitrogens with one attached hydrogen (secondary N) is 2. The van der Waals surface area contributed by atoms with Crippen LogP contribution in [0.4, 0.5) is 0 Å². The normalized spacial score (nSPS) is 10.5. The Labute approximate surface area is 203 Å². The predicted molar refractivity (Wildman–Crippen MR) is 127 cm³/mol. The Morgan fingerprint density at radius 3 is 2.29 bits per heavy atom. The summed E-state index contributed by atoms with van der Waals surface area (Å²) in [5.41, 5.74) is 1.50. The van der Waals surface area contributed by atoms with Crippen LogP contribution < -0.4 is 15.4 Å². The van der Waals surface area contributed by atoms with Gasteiger partial charge < -0.3 is 25.0 Å². The zero-order chi connectivity index (χ0) is 26.0. The van der Waals surface area contributed by atoms with Crippen molar-refractivity contribution in [2.24, 2.45) is 0 Å². The number of ether oxygens (including phenoxy) is 2. The van der Waals surface area contributed by atoms with E-state index in [0.29, 0.717) is 22.3 Å². The van der Waals surface area contributed by atoms with Gasteiger partial charge in [-0.25, -0.2) is 4.79 Å². The van der Waals surface area contributed by atoms with Crippen molar-refractivity contribution >= 4 is 29.8 Å². The Balaban J connectivity index is 2.08. The van der Waals surface area contributed by atoms with E-state index in [1.807, 2.05) is 6.07 Å². The summed E-state index contributed by atoms with van der Waals surface area (Å²) in [6.07, 6.45) is 1.37. The zero-order valence-corrected chi connectivity index (χ0v) is 19.9. The molecule has 0 spiro atoms. The Hall–Kier alpha value is -4.65. The van der Waals surface area contributed by atoms with Gasteiger partial charge in [0.2, 0.25) is 5.91 Å². The lowest BCUT2D eigenvalue weighted by molar-refractivity contribution is -0.137. The molecule has 0 aliphatic rings. The van der Waals surface area contributed by atoms with E-state index in [0.717, 1.165) is 0 Å². The second-order valence-corrected chi connectivity index (χ2v) is 7.48. The fourth-order valence-corrected chi connectivity index (χ4v) is 2.90. The molecule has 2 aromatic carbocycles. The van der Waals surface area contributed by atoms with Gasteiger partial charge in [-0.05, 0) is 48.5 Å². The van der Waals surface area contributed by atoms with Crippen LogP contribution in [-0.4, -0.2) is 62.9 Å². The zero-order valence-electron chi connectivity index (χ0n) is 19.9. The first kappa shape index (κ1) is 26.6. The topological polar surface area (TPSA) is 138 Å². The van der Waals surface area contributed by atoms with Gasteiger partial charge in [0.25, 0.3) is 11.8 Å². The fourth-order valence-electron chi connectivity index (χ4n) is 2.90. The summed E-state index contributed by atoms with van der Waals surface area (Å²) in [5.74, 6) is -1.44. The molecule has 0 fully saturated rings. The van der Waals surface area contributed by atoms with E-state index >= 15 is 0 Å². The van der Waals surface area contributed by atoms with Gasteiger partial charge in [0.15, 0.2) is 0 Å². The highest BCUT2D eigenvalue weighted by atomic mass is 16.5. The molecular formula is C25H26N4O6. The number of benzene rings is 2. The molecule has 10 heteroatoms. The van der Waals surface area contributed by atoms with Gasteiger partial charge in [0.1, 0.15) is 18.1 Å². The summed E-state index contributed by atoms with van der Waals surface area (Å²) >= 11 is 0. The molecule has 3 amide bonds. The first-order chi connectivity index (χ1) is 16.7. The molecule has 2 aromatic rings. The number of rotatable bonds is 9. The predicted octanol–water partition coefficient (Wildman–Crippen LogP) is 1.72. The lowest BCUT2D eigenvalue weighted by Gasteiger charge is -2.13. The van der Waals surface area contributed by atoms with Crippen LogP contribution in [0.5, 0.6) is 5.75 Å². The molecule has 0 saturated heterocycles. The van der Waals surface area contributed by atoms with E-state index in [1.165, 1.54) is 37.1 Å². The number of carbonyl (C=O) groups excluding carboxylic acids is 4. The Morgan fingerprint density at radius 2 is 1.71 bits per heavy atom. The largest absolute Gasteiger partial charge is 0.491 e. The number of carbonyl (C=O) groups is 4. The Morgan fingerprint density at radius 1 is 1.06 bits per heavy atom. The third-order valence-electron chi connectivity index (χ3n) is 4.60. The minimum Gasteiger partial charge on any atom is -0.491 e. The summed E-state index contributed by atoms with van der Waals surface area (Å²) in [4.78, 5) is 49.2. The average molecular weight is 479 g/mol. The lowest BCUT2D eigenvalue weighted by Crippen LogP contribution is -2.28. The lowest BCUT2D eigenvalue weighted by atomic mass is 10.1.